The average molecular weight is 840 g/mol. The first-order chi connectivity index (χ1) is 32.6. The van der Waals surface area contributed by atoms with Gasteiger partial charge >= 0.3 is 0 Å². The molecule has 11 aromatic rings. The fraction of sp³-hybridized carbons (Fsp3) is 0.0462. The molecule has 1 unspecified atom stereocenters. The van der Waals surface area contributed by atoms with Crippen molar-refractivity contribution >= 4 is 38.6 Å². The smallest absolute Gasteiger partial charge is 0.0714 e. The summed E-state index contributed by atoms with van der Waals surface area (Å²) in [6.45, 7) is 2.43. The molecule has 0 saturated carbocycles. The van der Waals surface area contributed by atoms with Gasteiger partial charge in [-0.05, 0) is 126 Å². The number of hydrogen-bond acceptors (Lipinski definition) is 1. The van der Waals surface area contributed by atoms with Gasteiger partial charge in [-0.25, -0.2) is 0 Å². The highest BCUT2D eigenvalue weighted by atomic mass is 15.1. The summed E-state index contributed by atoms with van der Waals surface area (Å²) in [5.41, 5.74) is 19.0. The summed E-state index contributed by atoms with van der Waals surface area (Å²) in [6, 6.07) is 94.9. The van der Waals surface area contributed by atoms with Crippen LogP contribution < -0.4 is 4.90 Å². The van der Waals surface area contributed by atoms with Crippen molar-refractivity contribution in [3.8, 4) is 33.4 Å². The second-order valence-corrected chi connectivity index (χ2v) is 18.1. The Hall–Kier alpha value is -8.26. The zero-order valence-corrected chi connectivity index (χ0v) is 36.7. The van der Waals surface area contributed by atoms with Crippen LogP contribution in [0, 0.1) is 0 Å². The lowest BCUT2D eigenvalue weighted by Crippen LogP contribution is -2.28. The highest BCUT2D eigenvalue weighted by Crippen LogP contribution is 2.59. The van der Waals surface area contributed by atoms with E-state index in [9.17, 15) is 0 Å². The van der Waals surface area contributed by atoms with Gasteiger partial charge < -0.3 is 4.90 Å². The Morgan fingerprint density at radius 1 is 0.318 bits per heavy atom. The van der Waals surface area contributed by atoms with E-state index in [0.29, 0.717) is 0 Å². The van der Waals surface area contributed by atoms with Crippen LogP contribution in [-0.4, -0.2) is 0 Å². The van der Waals surface area contributed by atoms with Crippen LogP contribution in [0.15, 0.2) is 255 Å². The summed E-state index contributed by atoms with van der Waals surface area (Å²) in [7, 11) is 0. The molecule has 0 bridgehead atoms. The maximum Gasteiger partial charge on any atom is 0.0714 e. The van der Waals surface area contributed by atoms with Crippen molar-refractivity contribution in [2.75, 3.05) is 4.90 Å². The molecule has 0 aliphatic heterocycles. The Balaban J connectivity index is 1.12. The van der Waals surface area contributed by atoms with Gasteiger partial charge in [0, 0.05) is 22.2 Å². The lowest BCUT2D eigenvalue weighted by molar-refractivity contribution is 0.714. The largest absolute Gasteiger partial charge is 0.310 e. The second-order valence-electron chi connectivity index (χ2n) is 18.1. The summed E-state index contributed by atoms with van der Waals surface area (Å²) in [5, 5.41) is 4.91. The predicted octanol–water partition coefficient (Wildman–Crippen LogP) is 16.8. The average Bonchev–Trinajstić information content (AvgIpc) is 3.84. The lowest BCUT2D eigenvalue weighted by atomic mass is 9.67. The molecule has 310 valence electrons. The number of nitrogens with zero attached hydrogens (tertiary/aromatic N) is 1. The maximum absolute atomic E-state index is 2.55. The molecular formula is C65H45N. The monoisotopic (exact) mass is 839 g/mol. The number of fused-ring (bicyclic) bond motifs is 9. The first kappa shape index (κ1) is 38.2. The number of anilines is 3. The Morgan fingerprint density at radius 3 is 1.52 bits per heavy atom. The van der Waals surface area contributed by atoms with E-state index in [0.717, 1.165) is 17.1 Å². The van der Waals surface area contributed by atoms with Crippen molar-refractivity contribution in [1.29, 1.82) is 0 Å². The molecular weight excluding hydrogens is 795 g/mol. The number of benzene rings is 11. The highest BCUT2D eigenvalue weighted by Gasteiger charge is 2.47. The summed E-state index contributed by atoms with van der Waals surface area (Å²) in [6.07, 6.45) is 0. The Kier molecular flexibility index (Phi) is 8.63. The van der Waals surface area contributed by atoms with Crippen molar-refractivity contribution in [2.45, 2.75) is 17.8 Å². The van der Waals surface area contributed by atoms with Gasteiger partial charge in [-0.1, -0.05) is 224 Å². The predicted molar refractivity (Wildman–Crippen MR) is 276 cm³/mol. The fourth-order valence-corrected chi connectivity index (χ4v) is 11.9. The third kappa shape index (κ3) is 5.47. The minimum absolute atomic E-state index is 0.417. The van der Waals surface area contributed by atoms with Crippen LogP contribution in [-0.2, 0) is 10.8 Å². The summed E-state index contributed by atoms with van der Waals surface area (Å²) in [5.74, 6) is 0. The fourth-order valence-electron chi connectivity index (χ4n) is 11.9. The molecule has 0 saturated heterocycles. The van der Waals surface area contributed by atoms with E-state index in [1.165, 1.54) is 93.9 Å². The molecule has 0 aromatic heterocycles. The van der Waals surface area contributed by atoms with E-state index in [1.54, 1.807) is 0 Å². The molecule has 1 atom stereocenters. The molecule has 2 aliphatic carbocycles. The zero-order valence-electron chi connectivity index (χ0n) is 36.7. The van der Waals surface area contributed by atoms with E-state index in [2.05, 4.69) is 267 Å². The first-order valence-corrected chi connectivity index (χ1v) is 23.1. The summed E-state index contributed by atoms with van der Waals surface area (Å²) < 4.78 is 0. The van der Waals surface area contributed by atoms with Crippen molar-refractivity contribution < 1.29 is 0 Å². The molecule has 0 radical (unpaired) electrons. The maximum atomic E-state index is 2.55. The molecule has 66 heavy (non-hydrogen) atoms. The Morgan fingerprint density at radius 2 is 0.818 bits per heavy atom. The lowest BCUT2D eigenvalue weighted by Gasteiger charge is -2.35. The molecule has 11 aromatic carbocycles. The van der Waals surface area contributed by atoms with E-state index in [-0.39, 0.29) is 0 Å². The second kappa shape index (κ2) is 14.9. The van der Waals surface area contributed by atoms with Gasteiger partial charge in [0.1, 0.15) is 0 Å². The van der Waals surface area contributed by atoms with Crippen LogP contribution >= 0.6 is 0 Å². The van der Waals surface area contributed by atoms with Gasteiger partial charge in [0.2, 0.25) is 0 Å². The summed E-state index contributed by atoms with van der Waals surface area (Å²) >= 11 is 0. The third-order valence-corrected chi connectivity index (χ3v) is 14.8. The molecule has 0 fully saturated rings. The summed E-state index contributed by atoms with van der Waals surface area (Å²) in [4.78, 5) is 2.55. The van der Waals surface area contributed by atoms with E-state index >= 15 is 0 Å². The van der Waals surface area contributed by atoms with Crippen LogP contribution in [0.2, 0.25) is 0 Å². The van der Waals surface area contributed by atoms with Crippen molar-refractivity contribution in [2.24, 2.45) is 0 Å². The highest BCUT2D eigenvalue weighted by molar-refractivity contribution is 6.15. The first-order valence-electron chi connectivity index (χ1n) is 23.1. The van der Waals surface area contributed by atoms with Crippen molar-refractivity contribution in [3.05, 3.63) is 294 Å². The molecule has 0 spiro atoms. The van der Waals surface area contributed by atoms with Gasteiger partial charge in [-0.15, -0.1) is 0 Å². The molecule has 1 nitrogen and oxygen atoms in total. The Labute approximate surface area is 386 Å². The van der Waals surface area contributed by atoms with Gasteiger partial charge in [0.15, 0.2) is 0 Å². The third-order valence-electron chi connectivity index (χ3n) is 14.8. The van der Waals surface area contributed by atoms with Crippen molar-refractivity contribution in [1.82, 2.24) is 0 Å². The quantitative estimate of drug-likeness (QED) is 0.145. The van der Waals surface area contributed by atoms with Gasteiger partial charge in [-0.3, -0.25) is 0 Å². The van der Waals surface area contributed by atoms with Gasteiger partial charge in [-0.2, -0.15) is 0 Å². The zero-order chi connectivity index (χ0) is 43.8. The van der Waals surface area contributed by atoms with Crippen LogP contribution in [0.1, 0.15) is 45.9 Å². The van der Waals surface area contributed by atoms with E-state index in [1.807, 2.05) is 0 Å². The number of hydrogen-bond donors (Lipinski definition) is 0. The molecule has 0 heterocycles. The minimum Gasteiger partial charge on any atom is -0.310 e. The van der Waals surface area contributed by atoms with Crippen molar-refractivity contribution in [3.63, 3.8) is 0 Å². The Bertz CT molecular complexity index is 3610. The normalized spacial score (nSPS) is 15.2. The molecule has 2 aliphatic rings. The topological polar surface area (TPSA) is 3.24 Å². The van der Waals surface area contributed by atoms with E-state index in [4.69, 9.17) is 0 Å². The molecule has 0 N–H and O–H groups in total. The minimum atomic E-state index is -0.541. The van der Waals surface area contributed by atoms with Crippen LogP contribution in [0.4, 0.5) is 17.1 Å². The van der Waals surface area contributed by atoms with E-state index < -0.39 is 10.8 Å². The molecule has 13 rings (SSSR count). The van der Waals surface area contributed by atoms with Crippen LogP contribution in [0.3, 0.4) is 0 Å². The van der Waals surface area contributed by atoms with Gasteiger partial charge in [0.05, 0.1) is 11.1 Å². The van der Waals surface area contributed by atoms with Gasteiger partial charge in [0.25, 0.3) is 0 Å². The molecule has 1 heteroatoms. The molecule has 0 amide bonds. The van der Waals surface area contributed by atoms with Crippen LogP contribution in [0.25, 0.3) is 54.9 Å². The number of rotatable bonds is 7. The SMILES string of the molecule is CC1(c2ccccc2)c2cc(N(c3ccc4c(c3)C(c3ccccc3)(c3ccccc3)c3ccccc3-4)c3cc4ccccc4c4ccccc34)ccc2-c2c(-c3ccccc3)cccc21. The standard InChI is InChI=1S/C65H45N/c1-64(46-24-8-3-9-25-46)59-36-20-34-52(44-21-6-2-7-22-44)63(59)57-40-38-49(42-60(57)64)66(62-41-45-23-14-15-30-51(45)53-31-16-17-33-56(53)62)50-37-39-55-54-32-18-19-35-58(54)65(61(55)43-50,47-26-10-4-11-27-47)48-28-12-5-13-29-48/h2-43H,1H3. The van der Waals surface area contributed by atoms with Crippen LogP contribution in [0.5, 0.6) is 0 Å².